The fourth-order valence-electron chi connectivity index (χ4n) is 8.35. The summed E-state index contributed by atoms with van der Waals surface area (Å²) in [5.74, 6) is 1.69. The third-order valence-electron chi connectivity index (χ3n) is 11.3. The van der Waals surface area contributed by atoms with Crippen LogP contribution in [0.1, 0.15) is 56.4 Å². The van der Waals surface area contributed by atoms with Crippen molar-refractivity contribution in [3.63, 3.8) is 0 Å². The van der Waals surface area contributed by atoms with Gasteiger partial charge in [0.1, 0.15) is 11.5 Å². The Morgan fingerprint density at radius 1 is 0.545 bits per heavy atom. The molecule has 4 nitrogen and oxygen atoms in total. The zero-order valence-electron chi connectivity index (χ0n) is 31.8. The smallest absolute Gasteiger partial charge is 0.457 e. The van der Waals surface area contributed by atoms with Crippen molar-refractivity contribution in [2.45, 2.75) is 45.1 Å². The maximum atomic E-state index is 6.77. The van der Waals surface area contributed by atoms with E-state index < -0.39 is 12.5 Å². The Kier molecular flexibility index (Phi) is 8.93. The van der Waals surface area contributed by atoms with Crippen molar-refractivity contribution < 1.29 is 14.0 Å². The molecule has 0 aliphatic carbocycles. The predicted molar refractivity (Wildman–Crippen MR) is 226 cm³/mol. The number of rotatable bonds is 9. The summed E-state index contributed by atoms with van der Waals surface area (Å²) in [6, 6.07) is 61.0. The molecular weight excluding hydrogens is 673 g/mol. The molecule has 7 aromatic rings. The zero-order chi connectivity index (χ0) is 37.6. The van der Waals surface area contributed by atoms with Crippen LogP contribution in [-0.4, -0.2) is 19.3 Å². The van der Waals surface area contributed by atoms with E-state index in [1.54, 1.807) is 0 Å². The molecule has 0 radical (unpaired) electrons. The Hall–Kier alpha value is -5.88. The molecule has 0 atom stereocenters. The van der Waals surface area contributed by atoms with Gasteiger partial charge in [-0.1, -0.05) is 140 Å². The molecule has 0 aromatic heterocycles. The third-order valence-corrected chi connectivity index (χ3v) is 11.3. The van der Waals surface area contributed by atoms with Crippen LogP contribution in [0.5, 0.6) is 11.5 Å². The van der Waals surface area contributed by atoms with E-state index in [0.29, 0.717) is 6.61 Å². The molecule has 9 rings (SSSR count). The lowest BCUT2D eigenvalue weighted by Gasteiger charge is -2.49. The van der Waals surface area contributed by atoms with Crippen molar-refractivity contribution in [3.05, 3.63) is 192 Å². The normalized spacial score (nSPS) is 13.6. The standard InChI is InChI=1S/C50H44BNO3/c1-5-49(3,4)55-51(53-6-2)39-29-31-45-44(34-39)50(42-24-13-15-26-47(42)54-48-27-16-14-25-43(48)50)41-30-28-38(36-20-11-8-12-21-36)33-46(41)52(45)40-23-17-22-37(32-40)35-18-9-7-10-19-35/h7-34H,5-6H2,1-4H3. The van der Waals surface area contributed by atoms with Gasteiger partial charge < -0.3 is 18.9 Å². The molecule has 0 amide bonds. The molecule has 0 saturated heterocycles. The first-order chi connectivity index (χ1) is 26.9. The Morgan fingerprint density at radius 2 is 1.15 bits per heavy atom. The Labute approximate surface area is 325 Å². The third kappa shape index (κ3) is 5.95. The monoisotopic (exact) mass is 717 g/mol. The molecule has 7 aromatic carbocycles. The average Bonchev–Trinajstić information content (AvgIpc) is 3.24. The molecule has 270 valence electrons. The van der Waals surface area contributed by atoms with E-state index in [1.807, 2.05) is 6.92 Å². The molecule has 5 heteroatoms. The average molecular weight is 718 g/mol. The highest BCUT2D eigenvalue weighted by Gasteiger charge is 2.51. The second kappa shape index (κ2) is 14.1. The Bertz CT molecular complexity index is 2450. The van der Waals surface area contributed by atoms with Gasteiger partial charge >= 0.3 is 7.12 Å². The highest BCUT2D eigenvalue weighted by molar-refractivity contribution is 6.61. The molecule has 0 unspecified atom stereocenters. The molecule has 1 spiro atoms. The van der Waals surface area contributed by atoms with Gasteiger partial charge in [-0.25, -0.2) is 0 Å². The van der Waals surface area contributed by atoms with Gasteiger partial charge in [0, 0.05) is 29.0 Å². The van der Waals surface area contributed by atoms with E-state index in [1.165, 1.54) is 16.7 Å². The number of benzene rings is 7. The van der Waals surface area contributed by atoms with Gasteiger partial charge in [-0.3, -0.25) is 0 Å². The minimum Gasteiger partial charge on any atom is -0.457 e. The molecule has 0 N–H and O–H groups in total. The first kappa shape index (κ1) is 34.9. The summed E-state index contributed by atoms with van der Waals surface area (Å²) in [5, 5.41) is 0. The lowest BCUT2D eigenvalue weighted by atomic mass is 9.60. The topological polar surface area (TPSA) is 30.9 Å². The fraction of sp³-hybridized carbons (Fsp3) is 0.160. The van der Waals surface area contributed by atoms with Crippen LogP contribution in [0.2, 0.25) is 0 Å². The van der Waals surface area contributed by atoms with E-state index in [-0.39, 0.29) is 5.60 Å². The predicted octanol–water partition coefficient (Wildman–Crippen LogP) is 12.2. The van der Waals surface area contributed by atoms with Crippen molar-refractivity contribution in [2.75, 3.05) is 11.5 Å². The summed E-state index contributed by atoms with van der Waals surface area (Å²) in [5.41, 5.74) is 12.3. The van der Waals surface area contributed by atoms with Crippen LogP contribution in [0.3, 0.4) is 0 Å². The van der Waals surface area contributed by atoms with Crippen LogP contribution in [0, 0.1) is 0 Å². The summed E-state index contributed by atoms with van der Waals surface area (Å²) >= 11 is 0. The molecule has 0 fully saturated rings. The SMILES string of the molecule is CCOB(OC(C)(C)CC)c1ccc2c(c1)C1(c3ccccc3Oc3ccccc31)c1ccc(-c3ccccc3)cc1N2c1cccc(-c2ccccc2)c1. The first-order valence-electron chi connectivity index (χ1n) is 19.4. The maximum absolute atomic E-state index is 6.77. The number of anilines is 3. The van der Waals surface area contributed by atoms with Crippen molar-refractivity contribution in [2.24, 2.45) is 0 Å². The molecule has 2 heterocycles. The van der Waals surface area contributed by atoms with Gasteiger partial charge in [-0.05, 0) is 102 Å². The van der Waals surface area contributed by atoms with Crippen LogP contribution >= 0.6 is 0 Å². The summed E-state index contributed by atoms with van der Waals surface area (Å²) in [6.45, 7) is 8.97. The van der Waals surface area contributed by atoms with Crippen LogP contribution in [0.15, 0.2) is 170 Å². The highest BCUT2D eigenvalue weighted by Crippen LogP contribution is 2.63. The summed E-state index contributed by atoms with van der Waals surface area (Å²) in [7, 11) is -0.552. The lowest BCUT2D eigenvalue weighted by Crippen LogP contribution is -2.46. The minimum atomic E-state index is -0.730. The maximum Gasteiger partial charge on any atom is 0.494 e. The zero-order valence-corrected chi connectivity index (χ0v) is 31.8. The van der Waals surface area contributed by atoms with E-state index >= 15 is 0 Å². The summed E-state index contributed by atoms with van der Waals surface area (Å²) in [6.07, 6.45) is 0.853. The largest absolute Gasteiger partial charge is 0.494 e. The number of hydrogen-bond donors (Lipinski definition) is 0. The van der Waals surface area contributed by atoms with Crippen LogP contribution < -0.4 is 15.1 Å². The minimum absolute atomic E-state index is 0.379. The van der Waals surface area contributed by atoms with E-state index in [0.717, 1.165) is 68.3 Å². The quantitative estimate of drug-likeness (QED) is 0.139. The van der Waals surface area contributed by atoms with Gasteiger partial charge in [-0.2, -0.15) is 0 Å². The van der Waals surface area contributed by atoms with Gasteiger partial charge in [0.25, 0.3) is 0 Å². The van der Waals surface area contributed by atoms with Crippen LogP contribution in [0.25, 0.3) is 22.3 Å². The van der Waals surface area contributed by atoms with E-state index in [2.05, 4.69) is 196 Å². The number of fused-ring (bicyclic) bond motifs is 8. The molecular formula is C50H44BNO3. The second-order valence-electron chi connectivity index (χ2n) is 15.0. The molecule has 0 bridgehead atoms. The highest BCUT2D eigenvalue weighted by atomic mass is 16.6. The second-order valence-corrected chi connectivity index (χ2v) is 15.0. The van der Waals surface area contributed by atoms with Crippen LogP contribution in [0.4, 0.5) is 17.1 Å². The van der Waals surface area contributed by atoms with Crippen molar-refractivity contribution in [1.29, 1.82) is 0 Å². The number of ether oxygens (including phenoxy) is 1. The van der Waals surface area contributed by atoms with Crippen molar-refractivity contribution >= 4 is 29.6 Å². The summed E-state index contributed by atoms with van der Waals surface area (Å²) < 4.78 is 19.9. The molecule has 2 aliphatic rings. The van der Waals surface area contributed by atoms with Gasteiger partial charge in [0.15, 0.2) is 0 Å². The number of nitrogens with zero attached hydrogens (tertiary/aromatic N) is 1. The van der Waals surface area contributed by atoms with Crippen LogP contribution in [-0.2, 0) is 14.7 Å². The first-order valence-corrected chi connectivity index (χ1v) is 19.4. The molecule has 0 saturated carbocycles. The van der Waals surface area contributed by atoms with E-state index in [9.17, 15) is 0 Å². The van der Waals surface area contributed by atoms with Gasteiger partial charge in [0.05, 0.1) is 16.8 Å². The van der Waals surface area contributed by atoms with E-state index in [4.69, 9.17) is 14.0 Å². The van der Waals surface area contributed by atoms with Gasteiger partial charge in [0.2, 0.25) is 0 Å². The Morgan fingerprint density at radius 3 is 1.78 bits per heavy atom. The van der Waals surface area contributed by atoms with Crippen molar-refractivity contribution in [1.82, 2.24) is 0 Å². The molecule has 55 heavy (non-hydrogen) atoms. The number of para-hydroxylation sites is 2. The molecule has 2 aliphatic heterocycles. The lowest BCUT2D eigenvalue weighted by molar-refractivity contribution is 0.0706. The van der Waals surface area contributed by atoms with Gasteiger partial charge in [-0.15, -0.1) is 0 Å². The fourth-order valence-corrected chi connectivity index (χ4v) is 8.35. The van der Waals surface area contributed by atoms with Crippen molar-refractivity contribution in [3.8, 4) is 33.8 Å². The summed E-state index contributed by atoms with van der Waals surface area (Å²) in [4.78, 5) is 2.45. The number of hydrogen-bond acceptors (Lipinski definition) is 4. The Balaban J connectivity index is 1.39.